The maximum absolute atomic E-state index is 14.6. The van der Waals surface area contributed by atoms with Gasteiger partial charge in [-0.2, -0.15) is 0 Å². The van der Waals surface area contributed by atoms with Crippen molar-refractivity contribution in [2.45, 2.75) is 19.9 Å². The SMILES string of the molecule is Cc1cc(F)ccc1-c1ccc(C(=O)N2CCNC[C@H]2C)cc1F.Cl. The Labute approximate surface area is 152 Å². The maximum atomic E-state index is 14.6. The molecule has 6 heteroatoms. The number of piperazine rings is 1. The van der Waals surface area contributed by atoms with Crippen LogP contribution < -0.4 is 5.32 Å². The topological polar surface area (TPSA) is 32.3 Å². The second-order valence-electron chi connectivity index (χ2n) is 6.21. The van der Waals surface area contributed by atoms with Crippen LogP contribution in [0.3, 0.4) is 0 Å². The highest BCUT2D eigenvalue weighted by molar-refractivity contribution is 5.95. The lowest BCUT2D eigenvalue weighted by Gasteiger charge is -2.34. The van der Waals surface area contributed by atoms with E-state index in [2.05, 4.69) is 5.32 Å². The van der Waals surface area contributed by atoms with Crippen LogP contribution in [0.15, 0.2) is 36.4 Å². The molecule has 0 unspecified atom stereocenters. The van der Waals surface area contributed by atoms with Gasteiger partial charge in [-0.1, -0.05) is 12.1 Å². The van der Waals surface area contributed by atoms with Gasteiger partial charge in [-0.05, 0) is 49.2 Å². The molecule has 0 spiro atoms. The van der Waals surface area contributed by atoms with Gasteiger partial charge in [0.2, 0.25) is 0 Å². The first-order valence-electron chi connectivity index (χ1n) is 8.05. The van der Waals surface area contributed by atoms with Crippen molar-refractivity contribution in [2.24, 2.45) is 0 Å². The summed E-state index contributed by atoms with van der Waals surface area (Å²) in [6.07, 6.45) is 0. The zero-order valence-electron chi connectivity index (χ0n) is 14.2. The van der Waals surface area contributed by atoms with E-state index in [1.807, 2.05) is 6.92 Å². The van der Waals surface area contributed by atoms with Gasteiger partial charge in [-0.3, -0.25) is 4.79 Å². The van der Waals surface area contributed by atoms with Crippen LogP contribution in [0.2, 0.25) is 0 Å². The minimum Gasteiger partial charge on any atom is -0.333 e. The van der Waals surface area contributed by atoms with Gasteiger partial charge < -0.3 is 10.2 Å². The molecule has 0 aromatic heterocycles. The number of nitrogens with zero attached hydrogens (tertiary/aromatic N) is 1. The number of nitrogens with one attached hydrogen (secondary N) is 1. The van der Waals surface area contributed by atoms with E-state index in [1.165, 1.54) is 18.2 Å². The fraction of sp³-hybridized carbons (Fsp3) is 0.316. The average molecular weight is 367 g/mol. The standard InChI is InChI=1S/C19H20F2N2O.ClH/c1-12-9-15(20)4-6-16(12)17-5-3-14(10-18(17)21)19(24)23-8-7-22-11-13(23)2;/h3-6,9-10,13,22H,7-8,11H2,1-2H3;1H/t13-;/m1./s1. The summed E-state index contributed by atoms with van der Waals surface area (Å²) in [6.45, 7) is 5.79. The molecule has 3 nitrogen and oxygen atoms in total. The van der Waals surface area contributed by atoms with Crippen molar-refractivity contribution in [1.29, 1.82) is 0 Å². The van der Waals surface area contributed by atoms with Gasteiger partial charge in [0.05, 0.1) is 0 Å². The number of aryl methyl sites for hydroxylation is 1. The number of carbonyl (C=O) groups is 1. The molecule has 2 aromatic carbocycles. The monoisotopic (exact) mass is 366 g/mol. The quantitative estimate of drug-likeness (QED) is 0.876. The van der Waals surface area contributed by atoms with Crippen LogP contribution in [0.25, 0.3) is 11.1 Å². The molecule has 0 bridgehead atoms. The Morgan fingerprint density at radius 3 is 2.52 bits per heavy atom. The normalized spacial score (nSPS) is 17.1. The van der Waals surface area contributed by atoms with E-state index in [0.29, 0.717) is 28.8 Å². The Balaban J connectivity index is 0.00000225. The molecule has 1 heterocycles. The van der Waals surface area contributed by atoms with E-state index in [4.69, 9.17) is 0 Å². The fourth-order valence-electron chi connectivity index (χ4n) is 3.10. The van der Waals surface area contributed by atoms with Crippen LogP contribution in [0.4, 0.5) is 8.78 Å². The summed E-state index contributed by atoms with van der Waals surface area (Å²) in [7, 11) is 0. The largest absolute Gasteiger partial charge is 0.333 e. The number of carbonyl (C=O) groups excluding carboxylic acids is 1. The van der Waals surface area contributed by atoms with Crippen molar-refractivity contribution in [3.63, 3.8) is 0 Å². The molecule has 1 atom stereocenters. The molecule has 1 amide bonds. The summed E-state index contributed by atoms with van der Waals surface area (Å²) in [5.74, 6) is -0.986. The highest BCUT2D eigenvalue weighted by Crippen LogP contribution is 2.27. The van der Waals surface area contributed by atoms with Crippen molar-refractivity contribution in [1.82, 2.24) is 10.2 Å². The van der Waals surface area contributed by atoms with Crippen molar-refractivity contribution in [3.05, 3.63) is 59.2 Å². The fourth-order valence-corrected chi connectivity index (χ4v) is 3.10. The molecule has 1 saturated heterocycles. The minimum absolute atomic E-state index is 0. The highest BCUT2D eigenvalue weighted by atomic mass is 35.5. The molecule has 0 radical (unpaired) electrons. The second-order valence-corrected chi connectivity index (χ2v) is 6.21. The molecular formula is C19H21ClF2N2O. The van der Waals surface area contributed by atoms with Crippen LogP contribution in [0.1, 0.15) is 22.8 Å². The molecule has 0 aliphatic carbocycles. The Bertz CT molecular complexity index is 782. The molecular weight excluding hydrogens is 346 g/mol. The third-order valence-corrected chi connectivity index (χ3v) is 4.46. The zero-order chi connectivity index (χ0) is 17.3. The number of halogens is 3. The predicted octanol–water partition coefficient (Wildman–Crippen LogP) is 3.80. The summed E-state index contributed by atoms with van der Waals surface area (Å²) in [4.78, 5) is 14.4. The van der Waals surface area contributed by atoms with Crippen molar-refractivity contribution < 1.29 is 13.6 Å². The van der Waals surface area contributed by atoms with Crippen LogP contribution in [0.5, 0.6) is 0 Å². The first-order valence-corrected chi connectivity index (χ1v) is 8.05. The Morgan fingerprint density at radius 1 is 1.16 bits per heavy atom. The van der Waals surface area contributed by atoms with Crippen molar-refractivity contribution in [2.75, 3.05) is 19.6 Å². The lowest BCUT2D eigenvalue weighted by atomic mass is 9.98. The first kappa shape index (κ1) is 19.3. The van der Waals surface area contributed by atoms with Crippen LogP contribution in [0, 0.1) is 18.6 Å². The number of rotatable bonds is 2. The number of hydrogen-bond acceptors (Lipinski definition) is 2. The average Bonchev–Trinajstić information content (AvgIpc) is 2.55. The number of amides is 1. The predicted molar refractivity (Wildman–Crippen MR) is 97.1 cm³/mol. The molecule has 1 N–H and O–H groups in total. The molecule has 1 aliphatic heterocycles. The van der Waals surface area contributed by atoms with Gasteiger partial charge in [-0.25, -0.2) is 8.78 Å². The number of benzene rings is 2. The van der Waals surface area contributed by atoms with Gasteiger partial charge in [0.1, 0.15) is 11.6 Å². The third kappa shape index (κ3) is 3.99. The lowest BCUT2D eigenvalue weighted by molar-refractivity contribution is 0.0655. The summed E-state index contributed by atoms with van der Waals surface area (Å²) >= 11 is 0. The molecule has 1 aliphatic rings. The van der Waals surface area contributed by atoms with Crippen molar-refractivity contribution >= 4 is 18.3 Å². The van der Waals surface area contributed by atoms with Gasteiger partial charge >= 0.3 is 0 Å². The molecule has 0 saturated carbocycles. The van der Waals surface area contributed by atoms with E-state index in [-0.39, 0.29) is 30.2 Å². The summed E-state index contributed by atoms with van der Waals surface area (Å²) in [5, 5.41) is 3.22. The van der Waals surface area contributed by atoms with Crippen LogP contribution >= 0.6 is 12.4 Å². The Hall–Kier alpha value is -1.98. The third-order valence-electron chi connectivity index (χ3n) is 4.46. The Morgan fingerprint density at radius 2 is 1.88 bits per heavy atom. The van der Waals surface area contributed by atoms with Gasteiger partial charge in [0.25, 0.3) is 5.91 Å². The van der Waals surface area contributed by atoms with Crippen LogP contribution in [-0.2, 0) is 0 Å². The molecule has 2 aromatic rings. The molecule has 3 rings (SSSR count). The number of hydrogen-bond donors (Lipinski definition) is 1. The summed E-state index contributed by atoms with van der Waals surface area (Å²) < 4.78 is 27.8. The van der Waals surface area contributed by atoms with E-state index >= 15 is 0 Å². The summed E-state index contributed by atoms with van der Waals surface area (Å²) in [6, 6.07) is 8.82. The second kappa shape index (κ2) is 7.93. The molecule has 25 heavy (non-hydrogen) atoms. The van der Waals surface area contributed by atoms with Gasteiger partial charge in [0.15, 0.2) is 0 Å². The van der Waals surface area contributed by atoms with Gasteiger partial charge in [-0.15, -0.1) is 12.4 Å². The van der Waals surface area contributed by atoms with E-state index < -0.39 is 5.82 Å². The summed E-state index contributed by atoms with van der Waals surface area (Å²) in [5.41, 5.74) is 1.99. The lowest BCUT2D eigenvalue weighted by Crippen LogP contribution is -2.52. The smallest absolute Gasteiger partial charge is 0.254 e. The molecule has 134 valence electrons. The van der Waals surface area contributed by atoms with E-state index in [1.54, 1.807) is 30.0 Å². The zero-order valence-corrected chi connectivity index (χ0v) is 15.0. The van der Waals surface area contributed by atoms with Crippen LogP contribution in [-0.4, -0.2) is 36.5 Å². The van der Waals surface area contributed by atoms with Crippen molar-refractivity contribution in [3.8, 4) is 11.1 Å². The molecule has 1 fully saturated rings. The first-order chi connectivity index (χ1) is 11.5. The highest BCUT2D eigenvalue weighted by Gasteiger charge is 2.24. The minimum atomic E-state index is -0.474. The van der Waals surface area contributed by atoms with E-state index in [9.17, 15) is 13.6 Å². The Kier molecular flexibility index (Phi) is 6.14. The maximum Gasteiger partial charge on any atom is 0.254 e. The van der Waals surface area contributed by atoms with E-state index in [0.717, 1.165) is 13.1 Å². The van der Waals surface area contributed by atoms with Gasteiger partial charge in [0, 0.05) is 36.8 Å².